The number of aliphatic hydroxyl groups is 8. The van der Waals surface area contributed by atoms with E-state index in [2.05, 4.69) is 0 Å². The van der Waals surface area contributed by atoms with Crippen LogP contribution in [0.4, 0.5) is 0 Å². The molecule has 0 aliphatic carbocycles. The lowest BCUT2D eigenvalue weighted by atomic mass is 9.76. The van der Waals surface area contributed by atoms with Crippen LogP contribution in [0.25, 0.3) is 0 Å². The first-order valence-corrected chi connectivity index (χ1v) is 27.2. The van der Waals surface area contributed by atoms with Gasteiger partial charge in [0.25, 0.3) is 0 Å². The molecule has 0 aromatic carbocycles. The predicted octanol–water partition coefficient (Wildman–Crippen LogP) is 4.90. The molecule has 5 aliphatic rings. The van der Waals surface area contributed by atoms with Crippen molar-refractivity contribution in [2.45, 2.75) is 245 Å². The van der Waals surface area contributed by atoms with Crippen LogP contribution in [0.3, 0.4) is 0 Å². The van der Waals surface area contributed by atoms with Gasteiger partial charge in [-0.2, -0.15) is 0 Å². The summed E-state index contributed by atoms with van der Waals surface area (Å²) in [4.78, 5) is 27.8. The molecular weight excluding hydrogens is 961 g/mol. The minimum atomic E-state index is -1.89. The number of aliphatic hydroxyl groups excluding tert-OH is 6. The molecule has 26 atom stereocenters. The Bertz CT molecular complexity index is 1800. The van der Waals surface area contributed by atoms with Gasteiger partial charge in [-0.25, -0.2) is 9.59 Å². The third kappa shape index (κ3) is 14.5. The van der Waals surface area contributed by atoms with Crippen molar-refractivity contribution < 1.29 is 88.3 Å². The van der Waals surface area contributed by atoms with Gasteiger partial charge in [0, 0.05) is 84.2 Å². The van der Waals surface area contributed by atoms with Crippen molar-refractivity contribution >= 4 is 11.9 Å². The van der Waals surface area contributed by atoms with Crippen LogP contribution in [-0.2, 0) is 47.5 Å². The molecule has 74 heavy (non-hydrogen) atoms. The standard InChI is InChI=1S/C56H92O18/c1-15-39-35(11)73-55(65,25-43(39)69-45-23-41(57)49(61)37(13)67-45)33(9)47(59)31(7)51-27(3)19-17-21-30(6)54(64)72-52(28(4)20-18-22-29(5)53(63)71-51)32(8)48(60)34(10)56(66)26-44(40(16-2)36(12)74-56)70-46-24-42(58)50(62)38(14)68-46/h17-22,27-28,31-52,57-62,65-66H,15-16,23-26H2,1-14H3/b19-17+,20-18+,29-22+,30-21+/t27-,28-,31-,32-,33-,34-,35+,36+,37-,38-,39+,40+,41-,42-,43+,44+,45-,46-,47+,48+,49+,50+,51-,52-,55+,56+/m0/s1. The number of carbonyl (C=O) groups is 2. The second kappa shape index (κ2) is 26.3. The van der Waals surface area contributed by atoms with Crippen molar-refractivity contribution in [3.05, 3.63) is 47.6 Å². The number of hydrogen-bond donors (Lipinski definition) is 8. The van der Waals surface area contributed by atoms with Gasteiger partial charge in [0.05, 0.1) is 61.0 Å². The van der Waals surface area contributed by atoms with Crippen LogP contribution in [0.5, 0.6) is 0 Å². The molecular formula is C56H92O18. The molecule has 4 fully saturated rings. The van der Waals surface area contributed by atoms with E-state index in [-0.39, 0.29) is 48.7 Å². The molecule has 18 nitrogen and oxygen atoms in total. The normalized spacial score (nSPS) is 46.0. The highest BCUT2D eigenvalue weighted by molar-refractivity contribution is 5.88. The number of carbonyl (C=O) groups excluding carboxylic acids is 2. The highest BCUT2D eigenvalue weighted by Gasteiger charge is 2.54. The van der Waals surface area contributed by atoms with Crippen LogP contribution in [0, 0.1) is 47.3 Å². The average Bonchev–Trinajstić information content (AvgIpc) is 3.33. The minimum absolute atomic E-state index is 0.0280. The highest BCUT2D eigenvalue weighted by atomic mass is 16.7. The quantitative estimate of drug-likeness (QED) is 0.108. The molecule has 0 amide bonds. The molecule has 0 spiro atoms. The smallest absolute Gasteiger partial charge is 0.334 e. The minimum Gasteiger partial charge on any atom is -0.458 e. The van der Waals surface area contributed by atoms with Crippen LogP contribution in [0.2, 0.25) is 0 Å². The van der Waals surface area contributed by atoms with Crippen LogP contribution in [-0.4, -0.2) is 162 Å². The van der Waals surface area contributed by atoms with Crippen molar-refractivity contribution in [2.75, 3.05) is 0 Å². The Balaban J connectivity index is 1.33. The van der Waals surface area contributed by atoms with E-state index in [0.29, 0.717) is 12.8 Å². The molecule has 5 heterocycles. The second-order valence-electron chi connectivity index (χ2n) is 22.6. The predicted molar refractivity (Wildman–Crippen MR) is 272 cm³/mol. The zero-order valence-corrected chi connectivity index (χ0v) is 46.2. The molecule has 8 N–H and O–H groups in total. The molecule has 0 saturated carbocycles. The fourth-order valence-electron chi connectivity index (χ4n) is 11.8. The Labute approximate surface area is 439 Å². The van der Waals surface area contributed by atoms with Gasteiger partial charge in [-0.1, -0.05) is 91.8 Å². The Morgan fingerprint density at radius 3 is 1.24 bits per heavy atom. The molecule has 424 valence electrons. The lowest BCUT2D eigenvalue weighted by Gasteiger charge is -2.50. The summed E-state index contributed by atoms with van der Waals surface area (Å²) >= 11 is 0. The molecule has 0 radical (unpaired) electrons. The highest BCUT2D eigenvalue weighted by Crippen LogP contribution is 2.45. The molecule has 0 bridgehead atoms. The third-order valence-corrected chi connectivity index (χ3v) is 17.1. The fourth-order valence-corrected chi connectivity index (χ4v) is 11.8. The van der Waals surface area contributed by atoms with E-state index in [1.165, 1.54) is 0 Å². The van der Waals surface area contributed by atoms with Gasteiger partial charge < -0.3 is 78.7 Å². The summed E-state index contributed by atoms with van der Waals surface area (Å²) in [5.41, 5.74) is 0.472. The molecule has 0 aromatic rings. The maximum atomic E-state index is 13.9. The van der Waals surface area contributed by atoms with E-state index in [1.54, 1.807) is 91.8 Å². The van der Waals surface area contributed by atoms with E-state index in [1.807, 2.05) is 41.5 Å². The van der Waals surface area contributed by atoms with Crippen molar-refractivity contribution in [3.8, 4) is 0 Å². The summed E-state index contributed by atoms with van der Waals surface area (Å²) in [6, 6.07) is 0. The topological polar surface area (TPSA) is 270 Å². The maximum Gasteiger partial charge on any atom is 0.334 e. The largest absolute Gasteiger partial charge is 0.458 e. The molecule has 5 aliphatic heterocycles. The van der Waals surface area contributed by atoms with Gasteiger partial charge in [0.1, 0.15) is 24.4 Å². The van der Waals surface area contributed by atoms with Crippen molar-refractivity contribution in [2.24, 2.45) is 47.3 Å². The lowest BCUT2D eigenvalue weighted by molar-refractivity contribution is -0.345. The number of rotatable bonds is 14. The second-order valence-corrected chi connectivity index (χ2v) is 22.6. The van der Waals surface area contributed by atoms with Crippen LogP contribution in [0.1, 0.15) is 135 Å². The van der Waals surface area contributed by atoms with Gasteiger partial charge in [0.15, 0.2) is 24.2 Å². The SMILES string of the molecule is CC[C@@H]1[C@@H](C)O[C@@](O)([C@@H](C)[C@H](O)[C@H](C)[C@H]2OC(=O)/C(C)=C/C=C/[C@H](C)[C@@H]([C@@H](C)[C@@H](O)[C@H](C)[C@@]3(O)C[C@@H](O[C@H]4C[C@H](O)[C@H](O)[C@H](C)O4)[C@H](CC)[C@@H](C)O3)OC(=O)/C(C)=C/C=C/[C@@H]2C)C[C@H]1O[C@H]1C[C@H](O)[C@H](O)[C@H](C)O1. The Hall–Kier alpha value is -2.66. The van der Waals surface area contributed by atoms with Crippen molar-refractivity contribution in [3.63, 3.8) is 0 Å². The van der Waals surface area contributed by atoms with Crippen LogP contribution < -0.4 is 0 Å². The molecule has 5 rings (SSSR count). The van der Waals surface area contributed by atoms with E-state index < -0.39 is 157 Å². The first-order valence-electron chi connectivity index (χ1n) is 27.2. The van der Waals surface area contributed by atoms with Crippen LogP contribution in [0.15, 0.2) is 47.6 Å². The van der Waals surface area contributed by atoms with Gasteiger partial charge in [-0.3, -0.25) is 0 Å². The number of hydrogen-bond acceptors (Lipinski definition) is 18. The summed E-state index contributed by atoms with van der Waals surface area (Å²) < 4.78 is 49.6. The van der Waals surface area contributed by atoms with E-state index in [4.69, 9.17) is 37.9 Å². The van der Waals surface area contributed by atoms with Gasteiger partial charge in [-0.05, 0) is 54.4 Å². The number of cyclic esters (lactones) is 2. The summed E-state index contributed by atoms with van der Waals surface area (Å²) in [6.45, 7) is 24.6. The molecule has 4 saturated heterocycles. The first-order chi connectivity index (χ1) is 34.6. The number of allylic oxidation sites excluding steroid dienone is 4. The molecule has 0 aromatic heterocycles. The average molecular weight is 1050 g/mol. The van der Waals surface area contributed by atoms with E-state index in [9.17, 15) is 50.4 Å². The summed E-state index contributed by atoms with van der Waals surface area (Å²) in [5.74, 6) is -9.82. The Morgan fingerprint density at radius 1 is 0.595 bits per heavy atom. The van der Waals surface area contributed by atoms with Gasteiger partial charge in [-0.15, -0.1) is 0 Å². The zero-order valence-electron chi connectivity index (χ0n) is 46.2. The fraction of sp³-hybridized carbons (Fsp3) is 0.821. The number of esters is 2. The van der Waals surface area contributed by atoms with Gasteiger partial charge >= 0.3 is 11.9 Å². The van der Waals surface area contributed by atoms with Crippen molar-refractivity contribution in [1.29, 1.82) is 0 Å². The monoisotopic (exact) mass is 1050 g/mol. The third-order valence-electron chi connectivity index (χ3n) is 17.1. The summed E-state index contributed by atoms with van der Waals surface area (Å²) in [7, 11) is 0. The summed E-state index contributed by atoms with van der Waals surface area (Å²) in [5, 5.41) is 90.1. The number of ether oxygens (including phenoxy) is 8. The summed E-state index contributed by atoms with van der Waals surface area (Å²) in [6.07, 6.45) is -2.54. The maximum absolute atomic E-state index is 13.9. The van der Waals surface area contributed by atoms with E-state index in [0.717, 1.165) is 0 Å². The first kappa shape index (κ1) is 62.2. The van der Waals surface area contributed by atoms with Crippen LogP contribution >= 0.6 is 0 Å². The van der Waals surface area contributed by atoms with E-state index >= 15 is 0 Å². The Morgan fingerprint density at radius 2 is 0.932 bits per heavy atom. The van der Waals surface area contributed by atoms with Gasteiger partial charge in [0.2, 0.25) is 0 Å². The molecule has 18 heteroatoms. The molecule has 0 unspecified atom stereocenters. The Kier molecular flexibility index (Phi) is 22.1. The zero-order chi connectivity index (χ0) is 55.3. The lowest BCUT2D eigenvalue weighted by Crippen LogP contribution is -2.59. The van der Waals surface area contributed by atoms with Crippen molar-refractivity contribution in [1.82, 2.24) is 0 Å².